The molecule has 0 aliphatic carbocycles. The summed E-state index contributed by atoms with van der Waals surface area (Å²) in [6.45, 7) is 5.37. The van der Waals surface area contributed by atoms with Crippen LogP contribution in [0.4, 0.5) is 11.8 Å². The molecule has 4 heterocycles. The van der Waals surface area contributed by atoms with Gasteiger partial charge in [-0.1, -0.05) is 23.4 Å². The third kappa shape index (κ3) is 5.02. The molecule has 0 bridgehead atoms. The van der Waals surface area contributed by atoms with Crippen LogP contribution in [0.25, 0.3) is 0 Å². The van der Waals surface area contributed by atoms with E-state index in [2.05, 4.69) is 30.0 Å². The topological polar surface area (TPSA) is 85.2 Å². The van der Waals surface area contributed by atoms with Gasteiger partial charge in [0, 0.05) is 25.9 Å². The predicted octanol–water partition coefficient (Wildman–Crippen LogP) is 3.23. The minimum Gasteiger partial charge on any atom is -0.376 e. The molecule has 2 saturated heterocycles. The average Bonchev–Trinajstić information content (AvgIpc) is 3.47. The van der Waals surface area contributed by atoms with Crippen LogP contribution in [0.2, 0.25) is 5.02 Å². The molecule has 29 heavy (non-hydrogen) atoms. The first-order chi connectivity index (χ1) is 14.1. The van der Waals surface area contributed by atoms with E-state index in [4.69, 9.17) is 16.3 Å². The Balaban J connectivity index is 1.47. The van der Waals surface area contributed by atoms with Gasteiger partial charge in [0.15, 0.2) is 5.16 Å². The molecule has 10 heteroatoms. The molecule has 1 N–H and O–H groups in total. The number of ether oxygens (including phenoxy) is 1. The van der Waals surface area contributed by atoms with Crippen molar-refractivity contribution in [1.82, 2.24) is 19.7 Å². The summed E-state index contributed by atoms with van der Waals surface area (Å²) in [6.07, 6.45) is 6.15. The molecule has 8 nitrogen and oxygen atoms in total. The lowest BCUT2D eigenvalue weighted by Gasteiger charge is -2.21. The normalized spacial score (nSPS) is 20.2. The highest BCUT2D eigenvalue weighted by Crippen LogP contribution is 2.29. The number of amides is 1. The van der Waals surface area contributed by atoms with Gasteiger partial charge in [0.2, 0.25) is 11.9 Å². The maximum Gasteiger partial charge on any atom is 0.238 e. The number of carbonyl (C=O) groups excluding carboxylic acids is 1. The molecule has 4 rings (SSSR count). The Morgan fingerprint density at radius 3 is 2.86 bits per heavy atom. The highest BCUT2D eigenvalue weighted by Gasteiger charge is 2.27. The van der Waals surface area contributed by atoms with Crippen LogP contribution < -0.4 is 10.2 Å². The van der Waals surface area contributed by atoms with E-state index in [0.29, 0.717) is 17.4 Å². The molecule has 156 valence electrons. The van der Waals surface area contributed by atoms with Crippen LogP contribution in [-0.2, 0) is 16.1 Å². The molecule has 0 radical (unpaired) electrons. The number of aromatic nitrogens is 4. The fourth-order valence-electron chi connectivity index (χ4n) is 3.56. The number of rotatable bonds is 7. The third-order valence-corrected chi connectivity index (χ3v) is 6.43. The van der Waals surface area contributed by atoms with Crippen molar-refractivity contribution < 1.29 is 9.53 Å². The van der Waals surface area contributed by atoms with Gasteiger partial charge in [-0.05, 0) is 44.7 Å². The van der Waals surface area contributed by atoms with Crippen LogP contribution in [-0.4, -0.2) is 56.7 Å². The lowest BCUT2D eigenvalue weighted by Crippen LogP contribution is -2.26. The molecule has 0 saturated carbocycles. The van der Waals surface area contributed by atoms with Crippen molar-refractivity contribution in [3.63, 3.8) is 0 Å². The van der Waals surface area contributed by atoms with E-state index in [-0.39, 0.29) is 17.3 Å². The summed E-state index contributed by atoms with van der Waals surface area (Å²) in [5.74, 6) is 1.22. The zero-order valence-electron chi connectivity index (χ0n) is 16.4. The van der Waals surface area contributed by atoms with Crippen molar-refractivity contribution in [3.8, 4) is 0 Å². The van der Waals surface area contributed by atoms with Gasteiger partial charge in [0.25, 0.3) is 0 Å². The molecule has 0 spiro atoms. The summed E-state index contributed by atoms with van der Waals surface area (Å²) in [5, 5.41) is 12.6. The first-order valence-electron chi connectivity index (χ1n) is 9.99. The Morgan fingerprint density at radius 2 is 2.17 bits per heavy atom. The second-order valence-electron chi connectivity index (χ2n) is 7.33. The van der Waals surface area contributed by atoms with Crippen molar-refractivity contribution in [3.05, 3.63) is 23.4 Å². The van der Waals surface area contributed by atoms with Crippen molar-refractivity contribution in [2.24, 2.45) is 0 Å². The zero-order chi connectivity index (χ0) is 20.2. The van der Waals surface area contributed by atoms with Gasteiger partial charge in [-0.2, -0.15) is 0 Å². The number of halogens is 1. The molecule has 2 atom stereocenters. The lowest BCUT2D eigenvalue weighted by atomic mass is 10.2. The van der Waals surface area contributed by atoms with Crippen LogP contribution in [0.5, 0.6) is 0 Å². The summed E-state index contributed by atoms with van der Waals surface area (Å²) in [5.41, 5.74) is 0. The maximum absolute atomic E-state index is 12.6. The summed E-state index contributed by atoms with van der Waals surface area (Å²) in [6, 6.07) is 3.38. The minimum atomic E-state index is -0.355. The maximum atomic E-state index is 12.6. The Bertz CT molecular complexity index is 834. The monoisotopic (exact) mass is 436 g/mol. The van der Waals surface area contributed by atoms with Crippen molar-refractivity contribution in [2.75, 3.05) is 29.9 Å². The fourth-order valence-corrected chi connectivity index (χ4v) is 4.53. The molecule has 2 aromatic heterocycles. The van der Waals surface area contributed by atoms with E-state index < -0.39 is 0 Å². The minimum absolute atomic E-state index is 0.140. The number of carbonyl (C=O) groups is 1. The number of pyridine rings is 1. The molecule has 2 aliphatic rings. The van der Waals surface area contributed by atoms with Gasteiger partial charge < -0.3 is 15.0 Å². The SMILES string of the molecule is C[C@H](Sc1nnc(N2CCCC2)n1C[C@H]1CCCO1)C(=O)Nc1ccc(Cl)cn1. The number of nitrogens with zero attached hydrogens (tertiary/aromatic N) is 5. The first-order valence-corrected chi connectivity index (χ1v) is 11.2. The van der Waals surface area contributed by atoms with E-state index in [9.17, 15) is 4.79 Å². The number of thioether (sulfide) groups is 1. The second-order valence-corrected chi connectivity index (χ2v) is 9.08. The van der Waals surface area contributed by atoms with Crippen LogP contribution in [0.15, 0.2) is 23.5 Å². The number of hydrogen-bond donors (Lipinski definition) is 1. The average molecular weight is 437 g/mol. The number of nitrogens with one attached hydrogen (secondary N) is 1. The highest BCUT2D eigenvalue weighted by atomic mass is 35.5. The van der Waals surface area contributed by atoms with E-state index >= 15 is 0 Å². The summed E-state index contributed by atoms with van der Waals surface area (Å²) in [7, 11) is 0. The Labute approximate surface area is 179 Å². The summed E-state index contributed by atoms with van der Waals surface area (Å²) < 4.78 is 7.96. The second kappa shape index (κ2) is 9.32. The van der Waals surface area contributed by atoms with Crippen LogP contribution >= 0.6 is 23.4 Å². The van der Waals surface area contributed by atoms with Crippen LogP contribution in [0.3, 0.4) is 0 Å². The van der Waals surface area contributed by atoms with Gasteiger partial charge >= 0.3 is 0 Å². The fraction of sp³-hybridized carbons (Fsp3) is 0.579. The predicted molar refractivity (Wildman–Crippen MR) is 114 cm³/mol. The Kier molecular flexibility index (Phi) is 6.56. The zero-order valence-corrected chi connectivity index (χ0v) is 18.0. The summed E-state index contributed by atoms with van der Waals surface area (Å²) in [4.78, 5) is 19.0. The number of hydrogen-bond acceptors (Lipinski definition) is 7. The lowest BCUT2D eigenvalue weighted by molar-refractivity contribution is -0.115. The molecule has 0 unspecified atom stereocenters. The molecule has 1 amide bonds. The standard InChI is InChI=1S/C19H25ClN6O2S/c1-13(17(27)22-16-7-6-14(20)11-21-16)29-19-24-23-18(25-8-2-3-9-25)26(19)12-15-5-4-10-28-15/h6-7,11,13,15H,2-5,8-10,12H2,1H3,(H,21,22,27)/t13-,15+/m0/s1. The molecule has 2 aliphatic heterocycles. The largest absolute Gasteiger partial charge is 0.376 e. The first kappa shape index (κ1) is 20.4. The van der Waals surface area contributed by atoms with Gasteiger partial charge in [0.05, 0.1) is 22.9 Å². The third-order valence-electron chi connectivity index (χ3n) is 5.13. The summed E-state index contributed by atoms with van der Waals surface area (Å²) >= 11 is 7.25. The van der Waals surface area contributed by atoms with Crippen LogP contribution in [0, 0.1) is 0 Å². The Hall–Kier alpha value is -1.84. The van der Waals surface area contributed by atoms with E-state index in [1.165, 1.54) is 30.8 Å². The van der Waals surface area contributed by atoms with E-state index in [1.54, 1.807) is 12.1 Å². The van der Waals surface area contributed by atoms with Gasteiger partial charge in [-0.15, -0.1) is 10.2 Å². The molecule has 2 fully saturated rings. The van der Waals surface area contributed by atoms with Gasteiger partial charge in [0.1, 0.15) is 5.82 Å². The van der Waals surface area contributed by atoms with E-state index in [1.807, 2.05) is 6.92 Å². The van der Waals surface area contributed by atoms with Crippen molar-refractivity contribution >= 4 is 41.0 Å². The molecular weight excluding hydrogens is 412 g/mol. The van der Waals surface area contributed by atoms with E-state index in [0.717, 1.165) is 43.6 Å². The van der Waals surface area contributed by atoms with Crippen LogP contribution in [0.1, 0.15) is 32.6 Å². The molecular formula is C19H25ClN6O2S. The number of anilines is 2. The van der Waals surface area contributed by atoms with Crippen molar-refractivity contribution in [1.29, 1.82) is 0 Å². The highest BCUT2D eigenvalue weighted by molar-refractivity contribution is 8.00. The van der Waals surface area contributed by atoms with Crippen molar-refractivity contribution in [2.45, 2.75) is 55.7 Å². The quantitative estimate of drug-likeness (QED) is 0.667. The molecule has 0 aromatic carbocycles. The van der Waals surface area contributed by atoms with Gasteiger partial charge in [-0.25, -0.2) is 4.98 Å². The Morgan fingerprint density at radius 1 is 1.34 bits per heavy atom. The molecule has 2 aromatic rings. The smallest absolute Gasteiger partial charge is 0.238 e. The van der Waals surface area contributed by atoms with Gasteiger partial charge in [-0.3, -0.25) is 9.36 Å².